The largest absolute Gasteiger partial charge is 0.508 e. The Kier molecular flexibility index (Phi) is 4.88. The maximum atomic E-state index is 10.1. The first-order valence-electron chi connectivity index (χ1n) is 11.0. The average molecular weight is 446 g/mol. The molecule has 2 aromatic heterocycles. The Morgan fingerprint density at radius 1 is 1.06 bits per heavy atom. The molecule has 33 heavy (non-hydrogen) atoms. The lowest BCUT2D eigenvalue weighted by Crippen LogP contribution is -2.31. The predicted molar refractivity (Wildman–Crippen MR) is 127 cm³/mol. The number of phenols is 1. The molecule has 2 heterocycles. The lowest BCUT2D eigenvalue weighted by Gasteiger charge is -2.20. The van der Waals surface area contributed by atoms with E-state index in [9.17, 15) is 5.11 Å². The van der Waals surface area contributed by atoms with E-state index in [-0.39, 0.29) is 16.8 Å². The fourth-order valence-corrected chi connectivity index (χ4v) is 3.62. The Labute approximate surface area is 192 Å². The first-order valence-corrected chi connectivity index (χ1v) is 11.0. The molecule has 4 aromatic rings. The quantitative estimate of drug-likeness (QED) is 0.323. The van der Waals surface area contributed by atoms with Crippen LogP contribution in [0.3, 0.4) is 0 Å². The highest BCUT2D eigenvalue weighted by atomic mass is 16.5. The van der Waals surface area contributed by atoms with Crippen molar-refractivity contribution in [3.05, 3.63) is 60.1 Å². The first-order chi connectivity index (χ1) is 15.7. The molecule has 8 nitrogen and oxygen atoms in total. The minimum Gasteiger partial charge on any atom is -0.508 e. The van der Waals surface area contributed by atoms with E-state index >= 15 is 0 Å². The van der Waals surface area contributed by atoms with E-state index < -0.39 is 0 Å². The lowest BCUT2D eigenvalue weighted by atomic mass is 9.93. The molecule has 5 rings (SSSR count). The highest BCUT2D eigenvalue weighted by Crippen LogP contribution is 2.41. The second kappa shape index (κ2) is 7.65. The van der Waals surface area contributed by atoms with Crippen molar-refractivity contribution in [2.75, 3.05) is 10.6 Å². The van der Waals surface area contributed by atoms with Gasteiger partial charge in [-0.25, -0.2) is 9.97 Å². The van der Waals surface area contributed by atoms with Crippen LogP contribution >= 0.6 is 0 Å². The Morgan fingerprint density at radius 3 is 2.61 bits per heavy atom. The molecule has 1 fully saturated rings. The summed E-state index contributed by atoms with van der Waals surface area (Å²) in [6, 6.07) is 13.1. The van der Waals surface area contributed by atoms with Crippen LogP contribution in [0.2, 0.25) is 0 Å². The van der Waals surface area contributed by atoms with Crippen LogP contribution in [0.5, 0.6) is 17.4 Å². The highest BCUT2D eigenvalue weighted by Gasteiger charge is 2.43. The van der Waals surface area contributed by atoms with Crippen molar-refractivity contribution >= 4 is 22.4 Å². The van der Waals surface area contributed by atoms with E-state index in [1.165, 1.54) is 6.33 Å². The molecule has 2 aromatic carbocycles. The summed E-state index contributed by atoms with van der Waals surface area (Å²) >= 11 is 0. The molecular weight excluding hydrogens is 418 g/mol. The fourth-order valence-electron chi connectivity index (χ4n) is 3.62. The summed E-state index contributed by atoms with van der Waals surface area (Å²) in [5.41, 5.74) is 2.02. The van der Waals surface area contributed by atoms with Gasteiger partial charge in [0.05, 0.1) is 10.9 Å². The number of benzene rings is 2. The van der Waals surface area contributed by atoms with E-state index in [1.807, 2.05) is 43.3 Å². The van der Waals surface area contributed by atoms with Crippen molar-refractivity contribution in [3.63, 3.8) is 0 Å². The van der Waals surface area contributed by atoms with Gasteiger partial charge in [0.2, 0.25) is 5.88 Å². The van der Waals surface area contributed by atoms with Gasteiger partial charge in [-0.3, -0.25) is 0 Å². The predicted octanol–water partition coefficient (Wildman–Crippen LogP) is 5.74. The number of aryl methyl sites for hydroxylation is 1. The molecule has 8 heteroatoms. The van der Waals surface area contributed by atoms with E-state index in [4.69, 9.17) is 9.26 Å². The molecule has 0 aliphatic heterocycles. The molecule has 0 amide bonds. The molecule has 1 aliphatic rings. The van der Waals surface area contributed by atoms with Gasteiger partial charge in [0, 0.05) is 23.2 Å². The van der Waals surface area contributed by atoms with Crippen molar-refractivity contribution < 1.29 is 14.4 Å². The van der Waals surface area contributed by atoms with Gasteiger partial charge in [-0.15, -0.1) is 0 Å². The SMILES string of the molecule is Cc1cc2ncnc(Oc3cccc(NC4(Nc5cc(C(C)(C)C)on5)CC4)c3)c2cc1O. The molecular formula is C25H27N5O3. The van der Waals surface area contributed by atoms with Gasteiger partial charge in [-0.1, -0.05) is 32.0 Å². The van der Waals surface area contributed by atoms with Crippen LogP contribution in [0, 0.1) is 6.92 Å². The Bertz CT molecular complexity index is 1320. The van der Waals surface area contributed by atoms with E-state index in [0.29, 0.717) is 22.5 Å². The first kappa shape index (κ1) is 21.1. The monoisotopic (exact) mass is 445 g/mol. The number of hydrogen-bond donors (Lipinski definition) is 3. The fraction of sp³-hybridized carbons (Fsp3) is 0.320. The van der Waals surface area contributed by atoms with Gasteiger partial charge < -0.3 is 25.0 Å². The summed E-state index contributed by atoms with van der Waals surface area (Å²) in [6.07, 6.45) is 3.39. The molecule has 0 unspecified atom stereocenters. The van der Waals surface area contributed by atoms with Gasteiger partial charge in [0.15, 0.2) is 5.82 Å². The molecule has 1 saturated carbocycles. The second-order valence-corrected chi connectivity index (χ2v) is 9.62. The normalized spacial score (nSPS) is 14.8. The molecule has 1 aliphatic carbocycles. The smallest absolute Gasteiger partial charge is 0.230 e. The summed E-state index contributed by atoms with van der Waals surface area (Å²) in [7, 11) is 0. The maximum Gasteiger partial charge on any atom is 0.230 e. The zero-order valence-electron chi connectivity index (χ0n) is 19.1. The van der Waals surface area contributed by atoms with Crippen molar-refractivity contribution in [2.45, 2.75) is 51.6 Å². The van der Waals surface area contributed by atoms with Crippen molar-refractivity contribution in [1.29, 1.82) is 0 Å². The standard InChI is InChI=1S/C25H27N5O3/c1-15-10-19-18(12-20(15)31)23(27-14-26-19)32-17-7-5-6-16(11-17)28-25(8-9-25)29-22-13-21(33-30-22)24(2,3)4/h5-7,10-14,28,31H,8-9H2,1-4H3,(H,29,30). The van der Waals surface area contributed by atoms with Crippen molar-refractivity contribution in [1.82, 2.24) is 15.1 Å². The number of nitrogens with zero attached hydrogens (tertiary/aromatic N) is 3. The molecule has 0 radical (unpaired) electrons. The summed E-state index contributed by atoms with van der Waals surface area (Å²) in [5.74, 6) is 2.77. The number of ether oxygens (including phenoxy) is 1. The number of anilines is 2. The third-order valence-electron chi connectivity index (χ3n) is 5.72. The minimum absolute atomic E-state index is 0.0939. The zero-order chi connectivity index (χ0) is 23.2. The third kappa shape index (κ3) is 4.41. The van der Waals surface area contributed by atoms with Crippen LogP contribution < -0.4 is 15.4 Å². The number of fused-ring (bicyclic) bond motifs is 1. The van der Waals surface area contributed by atoms with Gasteiger partial charge in [0.1, 0.15) is 29.2 Å². The molecule has 170 valence electrons. The molecule has 0 atom stereocenters. The van der Waals surface area contributed by atoms with E-state index in [1.54, 1.807) is 6.07 Å². The minimum atomic E-state index is -0.268. The van der Waals surface area contributed by atoms with Crippen molar-refractivity contribution in [2.24, 2.45) is 0 Å². The Hall–Kier alpha value is -3.81. The summed E-state index contributed by atoms with van der Waals surface area (Å²) in [6.45, 7) is 8.11. The van der Waals surface area contributed by atoms with Gasteiger partial charge in [-0.2, -0.15) is 0 Å². The molecule has 3 N–H and O–H groups in total. The summed E-state index contributed by atoms with van der Waals surface area (Å²) in [5, 5.41) is 22.0. The molecule has 0 spiro atoms. The summed E-state index contributed by atoms with van der Waals surface area (Å²) in [4.78, 5) is 8.55. The van der Waals surface area contributed by atoms with E-state index in [0.717, 1.165) is 35.7 Å². The van der Waals surface area contributed by atoms with E-state index in [2.05, 4.69) is 46.5 Å². The second-order valence-electron chi connectivity index (χ2n) is 9.62. The van der Waals surface area contributed by atoms with Crippen LogP contribution in [0.15, 0.2) is 53.3 Å². The van der Waals surface area contributed by atoms with Gasteiger partial charge in [-0.05, 0) is 49.6 Å². The van der Waals surface area contributed by atoms with Crippen molar-refractivity contribution in [3.8, 4) is 17.4 Å². The average Bonchev–Trinajstić information content (AvgIpc) is 3.32. The van der Waals surface area contributed by atoms with Crippen LogP contribution in [-0.4, -0.2) is 25.9 Å². The molecule has 0 bridgehead atoms. The zero-order valence-corrected chi connectivity index (χ0v) is 19.1. The Morgan fingerprint density at radius 2 is 1.88 bits per heavy atom. The topological polar surface area (TPSA) is 105 Å². The number of rotatable bonds is 6. The number of hydrogen-bond acceptors (Lipinski definition) is 8. The lowest BCUT2D eigenvalue weighted by molar-refractivity contribution is 0.330. The number of aromatic hydroxyl groups is 1. The van der Waals surface area contributed by atoms with Crippen LogP contribution in [-0.2, 0) is 5.41 Å². The number of aromatic nitrogens is 3. The summed E-state index contributed by atoms with van der Waals surface area (Å²) < 4.78 is 11.6. The van der Waals surface area contributed by atoms with Crippen LogP contribution in [0.4, 0.5) is 11.5 Å². The van der Waals surface area contributed by atoms with Crippen LogP contribution in [0.25, 0.3) is 10.9 Å². The highest BCUT2D eigenvalue weighted by molar-refractivity contribution is 5.85. The van der Waals surface area contributed by atoms with Crippen LogP contribution in [0.1, 0.15) is 44.9 Å². The number of phenolic OH excluding ortho intramolecular Hbond substituents is 1. The Balaban J connectivity index is 1.34. The maximum absolute atomic E-state index is 10.1. The number of nitrogens with one attached hydrogen (secondary N) is 2. The van der Waals surface area contributed by atoms with Gasteiger partial charge >= 0.3 is 0 Å². The third-order valence-corrected chi connectivity index (χ3v) is 5.72. The molecule has 0 saturated heterocycles. The van der Waals surface area contributed by atoms with Gasteiger partial charge in [0.25, 0.3) is 0 Å².